The molecule has 0 bridgehead atoms. The molecule has 1 unspecified atom stereocenters. The Kier molecular flexibility index (Phi) is 32.4. The summed E-state index contributed by atoms with van der Waals surface area (Å²) in [6.45, 7) is 31.9. The van der Waals surface area contributed by atoms with Crippen LogP contribution < -0.4 is 69.4 Å². The molecule has 12 aromatic rings. The highest BCUT2D eigenvalue weighted by molar-refractivity contribution is 7.91. The number of carbonyl (C=O) groups is 4. The molecule has 1 saturated carbocycles. The lowest BCUT2D eigenvalue weighted by Gasteiger charge is -2.34. The highest BCUT2D eigenvalue weighted by atomic mass is 32.2. The lowest BCUT2D eigenvalue weighted by molar-refractivity contribution is 0.0972. The molecule has 17 rings (SSSR count). The first-order chi connectivity index (χ1) is 69.3. The lowest BCUT2D eigenvalue weighted by atomic mass is 9.86. The number of methoxy groups -OCH3 is 1. The van der Waals surface area contributed by atoms with Crippen molar-refractivity contribution in [2.45, 2.75) is 203 Å². The Balaban J connectivity index is 0.000000155. The Morgan fingerprint density at radius 1 is 0.442 bits per heavy atom. The van der Waals surface area contributed by atoms with E-state index in [4.69, 9.17) is 19.2 Å². The van der Waals surface area contributed by atoms with E-state index in [1.807, 2.05) is 96.3 Å². The molecule has 1 aliphatic carbocycles. The summed E-state index contributed by atoms with van der Waals surface area (Å²) in [6.07, 6.45) is 16.1. The molecule has 4 saturated heterocycles. The maximum Gasteiger partial charge on any atom is 0.281 e. The summed E-state index contributed by atoms with van der Waals surface area (Å²) in [5.74, 6) is -3.27. The Morgan fingerprint density at radius 2 is 0.884 bits per heavy atom. The van der Waals surface area contributed by atoms with Gasteiger partial charge in [-0.15, -0.1) is 0 Å². The number of amides is 4. The smallest absolute Gasteiger partial charge is 0.281 e. The minimum atomic E-state index is -4.50. The predicted octanol–water partition coefficient (Wildman–Crippen LogP) is 16.5. The summed E-state index contributed by atoms with van der Waals surface area (Å²) in [7, 11) is -16.4. The first-order valence-corrected chi connectivity index (χ1v) is 54.2. The number of aromatic nitrogens is 8. The molecule has 41 heteroatoms. The van der Waals surface area contributed by atoms with E-state index < -0.39 is 129 Å². The van der Waals surface area contributed by atoms with Crippen LogP contribution in [0.5, 0.6) is 17.4 Å². The summed E-state index contributed by atoms with van der Waals surface area (Å²) >= 11 is 0. The van der Waals surface area contributed by atoms with Crippen molar-refractivity contribution in [2.75, 3.05) is 66.1 Å². The van der Waals surface area contributed by atoms with Crippen LogP contribution in [0.3, 0.4) is 0 Å². The number of fused-ring (bicyclic) bond motifs is 1. The molecule has 147 heavy (non-hydrogen) atoms. The molecule has 4 aromatic carbocycles. The largest absolute Gasteiger partial charge is 0.491 e. The van der Waals surface area contributed by atoms with Crippen molar-refractivity contribution in [3.63, 3.8) is 0 Å². The van der Waals surface area contributed by atoms with Gasteiger partial charge in [-0.2, -0.15) is 13.4 Å². The zero-order valence-corrected chi connectivity index (χ0v) is 87.6. The first kappa shape index (κ1) is 109. The molecule has 34 nitrogen and oxygen atoms in total. The number of hydrogen-bond acceptors (Lipinski definition) is 27. The van der Waals surface area contributed by atoms with Gasteiger partial charge in [0.25, 0.3) is 80.4 Å². The van der Waals surface area contributed by atoms with Crippen LogP contribution in [-0.4, -0.2) is 166 Å². The second kappa shape index (κ2) is 43.8. The second-order valence-corrected chi connectivity index (χ2v) is 47.5. The van der Waals surface area contributed by atoms with Gasteiger partial charge >= 0.3 is 0 Å². The number of H-pyrrole nitrogens is 3. The van der Waals surface area contributed by atoms with Crippen molar-refractivity contribution in [3.05, 3.63) is 271 Å². The Morgan fingerprint density at radius 3 is 1.34 bits per heavy atom. The van der Waals surface area contributed by atoms with Crippen LogP contribution in [0.15, 0.2) is 235 Å². The first-order valence-electron chi connectivity index (χ1n) is 48.2. The van der Waals surface area contributed by atoms with Gasteiger partial charge in [-0.25, -0.2) is 77.2 Å². The fourth-order valence-electron chi connectivity index (χ4n) is 20.4. The summed E-state index contributed by atoms with van der Waals surface area (Å²) in [6, 6.07) is 45.1. The number of aromatic amines is 3. The van der Waals surface area contributed by atoms with Crippen LogP contribution in [0, 0.1) is 46.5 Å². The topological polar surface area (TPSA) is 457 Å². The molecule has 4 amide bonds. The quantitative estimate of drug-likeness (QED) is 0.0265. The SMILES string of the molecule is CC1(C)CN(c2nc(-c3ccc4ccccc4c3)ccc2C(=O)NS(=O)(=O)c2ccc[nH]c2=O)C(C)(C)C1.CC1CN(c2ncccc2C(=O)NS(=O)(=O)c2cccc(OCCC3CCCCC3)n2)C(C)(C)C1.CCOc1cccc(-c2ccc(C(=O)NS(=O)(=O)c3ccc[nH]c3=O)c(N3C[C@@H](C)CC3(C)C)n2)c1F.COc1c(F)cc(-c2ccc(C(=O)NS(=O)(=O)c3ccc[nH]c3=O)c(N3C[C@@H](C)CC3(C)C)n2)cc1F. The summed E-state index contributed by atoms with van der Waals surface area (Å²) in [5, 5.41) is 1.93. The minimum absolute atomic E-state index is 0.0109. The fraction of sp³-hybridized carbons (Fsp3) is 0.377. The number of sulfonamides is 4. The third-order valence-electron chi connectivity index (χ3n) is 26.5. The lowest BCUT2D eigenvalue weighted by Crippen LogP contribution is -2.41. The van der Waals surface area contributed by atoms with E-state index in [-0.39, 0.29) is 108 Å². The third-order valence-corrected chi connectivity index (χ3v) is 31.8. The number of carbonyl (C=O) groups excluding carboxylic acids is 4. The molecule has 7 N–H and O–H groups in total. The highest BCUT2D eigenvalue weighted by Crippen LogP contribution is 2.47. The predicted molar refractivity (Wildman–Crippen MR) is 555 cm³/mol. The van der Waals surface area contributed by atoms with Gasteiger partial charge in [0, 0.05) is 95.9 Å². The van der Waals surface area contributed by atoms with Gasteiger partial charge in [0.05, 0.1) is 59.7 Å². The average Bonchev–Trinajstić information content (AvgIpc) is 1.63. The number of rotatable bonds is 26. The van der Waals surface area contributed by atoms with Crippen LogP contribution in [-0.2, 0) is 40.1 Å². The zero-order valence-electron chi connectivity index (χ0n) is 84.3. The van der Waals surface area contributed by atoms with Gasteiger partial charge in [-0.05, 0) is 256 Å². The van der Waals surface area contributed by atoms with Crippen LogP contribution in [0.1, 0.15) is 203 Å². The van der Waals surface area contributed by atoms with E-state index in [0.717, 1.165) is 92.4 Å². The number of hydrogen-bond donors (Lipinski definition) is 7. The van der Waals surface area contributed by atoms with E-state index in [2.05, 4.69) is 110 Å². The van der Waals surface area contributed by atoms with Gasteiger partial charge < -0.3 is 48.8 Å². The second-order valence-electron chi connectivity index (χ2n) is 40.9. The zero-order chi connectivity index (χ0) is 106. The van der Waals surface area contributed by atoms with Gasteiger partial charge in [-0.1, -0.05) is 115 Å². The summed E-state index contributed by atoms with van der Waals surface area (Å²) in [4.78, 5) is 125. The number of nitrogens with one attached hydrogen (secondary N) is 7. The Labute approximate surface area is 852 Å². The average molecular weight is 2090 g/mol. The fourth-order valence-corrected chi connectivity index (χ4v) is 24.4. The monoisotopic (exact) mass is 2090 g/mol. The minimum Gasteiger partial charge on any atom is -0.491 e. The highest BCUT2D eigenvalue weighted by Gasteiger charge is 2.47. The number of ether oxygens (including phenoxy) is 3. The van der Waals surface area contributed by atoms with E-state index in [9.17, 15) is 76.0 Å². The molecule has 4 aliphatic heterocycles. The van der Waals surface area contributed by atoms with E-state index in [1.165, 1.54) is 105 Å². The molecule has 12 heterocycles. The molecule has 5 fully saturated rings. The van der Waals surface area contributed by atoms with Crippen LogP contribution >= 0.6 is 0 Å². The Hall–Kier alpha value is -14.2. The standard InChI is InChI=1S/C29H30N4O4S.C26H29FN4O5S.C26H36N4O4S.C25H26F2N4O5S/c1-28(2)17-29(3,4)33(18-28)25-22(26(34)32-38(36,37)24-10-7-15-30-27(24)35)13-14-23(31-25)21-12-11-19-8-5-6-9-20(19)16-21;1-5-36-20-9-6-8-17(22(20)27)19-12-11-18(23(29-19)31-15-16(2)14-26(31,3)4)24(32)30-37(34,35)21-10-7-13-28-25(21)33;1-19-17-26(2,3)30(18-19)24-21(11-8-15-27-24)25(31)29-35(32,33)23-13-7-12-22(28-23)34-16-14-20-9-5-4-6-10-20;1-14-12-25(2,3)31(13-14)22-16(23(32)30-37(34,35)20-6-5-9-28-24(20)33)7-8-19(29-22)15-10-17(26)21(36-4)18(27)11-15/h5-16H,17-18H2,1-4H3,(H,30,35)(H,32,34);6-13,16H,5,14-15H2,1-4H3,(H,28,33)(H,30,32);7-8,11-13,15,19-20H,4-6,9-10,14,16-18H2,1-3H3,(H,29,31);5-11,14H,12-13H2,1-4H3,(H,28,33)(H,30,32)/t;16-;;14-/m.0.0/s1. The Bertz CT molecular complexity index is 7670. The molecule has 0 radical (unpaired) electrons. The van der Waals surface area contributed by atoms with Crippen LogP contribution in [0.2, 0.25) is 0 Å². The maximum atomic E-state index is 15.2. The molecule has 5 aliphatic rings. The van der Waals surface area contributed by atoms with Crippen molar-refractivity contribution in [1.82, 2.24) is 58.8 Å². The van der Waals surface area contributed by atoms with Gasteiger partial charge in [0.2, 0.25) is 5.88 Å². The van der Waals surface area contributed by atoms with Crippen molar-refractivity contribution in [3.8, 4) is 51.2 Å². The molecular formula is C106H121F3N16O18S4. The molecule has 3 atom stereocenters. The summed E-state index contributed by atoms with van der Waals surface area (Å²) < 4.78 is 171. The third kappa shape index (κ3) is 25.0. The van der Waals surface area contributed by atoms with Crippen LogP contribution in [0.4, 0.5) is 36.4 Å². The van der Waals surface area contributed by atoms with Gasteiger partial charge in [0.1, 0.15) is 23.3 Å². The van der Waals surface area contributed by atoms with E-state index in [1.54, 1.807) is 61.7 Å². The maximum absolute atomic E-state index is 15.2. The molecule has 8 aromatic heterocycles. The van der Waals surface area contributed by atoms with Crippen LogP contribution in [0.25, 0.3) is 44.5 Å². The van der Waals surface area contributed by atoms with Crippen molar-refractivity contribution in [2.24, 2.45) is 29.1 Å². The number of anilines is 4. The normalized spacial score (nSPS) is 17.7. The van der Waals surface area contributed by atoms with Crippen molar-refractivity contribution < 1.29 is 80.2 Å². The molecule has 0 spiro atoms. The van der Waals surface area contributed by atoms with Gasteiger partial charge in [-0.3, -0.25) is 33.6 Å². The van der Waals surface area contributed by atoms with Crippen molar-refractivity contribution in [1.29, 1.82) is 0 Å². The summed E-state index contributed by atoms with van der Waals surface area (Å²) in [5.41, 5.74) is -1.40. The number of benzene rings is 4. The van der Waals surface area contributed by atoms with E-state index in [0.29, 0.717) is 55.4 Å². The molecule has 778 valence electrons. The van der Waals surface area contributed by atoms with Gasteiger partial charge in [0.15, 0.2) is 48.7 Å². The number of nitrogens with zero attached hydrogens (tertiary/aromatic N) is 9. The van der Waals surface area contributed by atoms with E-state index >= 15 is 4.39 Å². The number of pyridine rings is 8. The number of halogens is 3. The molecular weight excluding hydrogens is 1970 g/mol. The van der Waals surface area contributed by atoms with Crippen molar-refractivity contribution >= 4 is 97.8 Å².